The Labute approximate surface area is 244 Å². The minimum absolute atomic E-state index is 0.0170. The van der Waals surface area contributed by atoms with Crippen molar-refractivity contribution in [2.45, 2.75) is 39.3 Å². The van der Waals surface area contributed by atoms with E-state index in [1.165, 1.54) is 0 Å². The summed E-state index contributed by atoms with van der Waals surface area (Å²) in [6.07, 6.45) is 0.852. The third kappa shape index (κ3) is 6.61. The number of benzene rings is 3. The van der Waals surface area contributed by atoms with Gasteiger partial charge in [0.25, 0.3) is 5.91 Å². The van der Waals surface area contributed by atoms with E-state index in [4.69, 9.17) is 21.3 Å². The van der Waals surface area contributed by atoms with Crippen LogP contribution in [-0.4, -0.2) is 40.0 Å². The van der Waals surface area contributed by atoms with Crippen molar-refractivity contribution in [3.63, 3.8) is 0 Å². The van der Waals surface area contributed by atoms with Crippen molar-refractivity contribution in [3.05, 3.63) is 106 Å². The minimum Gasteiger partial charge on any atom is -0.449 e. The van der Waals surface area contributed by atoms with Crippen LogP contribution in [0.5, 0.6) is 0 Å². The number of nitrogens with zero attached hydrogens (tertiary/aromatic N) is 2. The van der Waals surface area contributed by atoms with E-state index in [0.29, 0.717) is 48.5 Å². The number of quaternary nitrogens is 1. The standard InChI is InChI=1S/C32H34ClN5O3/c1-20(2)19-41-32(40)35-25-11-9-23(10-12-25)28-29(33)37-30(36-28)27(17-21-6-4-3-5-7-21)38-15-14-24-16-22(18-34)8-13-26(24)31(38)39/h3-13,16,20,27H,14-15,17-19,34H2,1-2H3,(H,35,40)(H,36,37)/p+1/t27-/m0/s1. The Morgan fingerprint density at radius 3 is 2.56 bits per heavy atom. The SMILES string of the molecule is CC(C)COC(=O)Nc1ccc(-c2nc([C@H](Cc3ccccc3)N3CCc4cc(C[NH3+])ccc4C3=O)[nH]c2Cl)cc1. The lowest BCUT2D eigenvalue weighted by Gasteiger charge is -2.35. The third-order valence-corrected chi connectivity index (χ3v) is 7.44. The molecule has 9 heteroatoms. The maximum Gasteiger partial charge on any atom is 0.411 e. The smallest absolute Gasteiger partial charge is 0.411 e. The first kappa shape index (κ1) is 28.4. The van der Waals surface area contributed by atoms with Crippen molar-refractivity contribution in [3.8, 4) is 11.3 Å². The number of aromatic nitrogens is 2. The van der Waals surface area contributed by atoms with Crippen LogP contribution in [0, 0.1) is 5.92 Å². The van der Waals surface area contributed by atoms with Crippen molar-refractivity contribution in [1.29, 1.82) is 0 Å². The first-order valence-electron chi connectivity index (χ1n) is 13.9. The number of aromatic amines is 1. The van der Waals surface area contributed by atoms with Gasteiger partial charge in [0.15, 0.2) is 0 Å². The monoisotopic (exact) mass is 572 g/mol. The summed E-state index contributed by atoms with van der Waals surface area (Å²) in [4.78, 5) is 35.9. The Morgan fingerprint density at radius 2 is 1.85 bits per heavy atom. The Bertz CT molecular complexity index is 1520. The number of hydrogen-bond acceptors (Lipinski definition) is 4. The maximum absolute atomic E-state index is 13.8. The second-order valence-corrected chi connectivity index (χ2v) is 11.1. The van der Waals surface area contributed by atoms with Crippen molar-refractivity contribution in [2.75, 3.05) is 18.5 Å². The van der Waals surface area contributed by atoms with E-state index < -0.39 is 6.09 Å². The average Bonchev–Trinajstić information content (AvgIpc) is 3.37. The number of anilines is 1. The molecule has 0 aliphatic carbocycles. The normalized spacial score (nSPS) is 13.7. The number of rotatable bonds is 9. The topological polar surface area (TPSA) is 115 Å². The molecule has 1 aliphatic rings. The molecule has 2 amide bonds. The molecule has 0 unspecified atom stereocenters. The largest absolute Gasteiger partial charge is 0.449 e. The van der Waals surface area contributed by atoms with Gasteiger partial charge in [0.05, 0.1) is 19.2 Å². The number of H-pyrrole nitrogens is 1. The average molecular weight is 573 g/mol. The van der Waals surface area contributed by atoms with Crippen molar-refractivity contribution in [2.24, 2.45) is 5.92 Å². The number of fused-ring (bicyclic) bond motifs is 1. The summed E-state index contributed by atoms with van der Waals surface area (Å²) in [6.45, 7) is 5.57. The zero-order valence-corrected chi connectivity index (χ0v) is 24.1. The van der Waals surface area contributed by atoms with Crippen LogP contribution in [0.25, 0.3) is 11.3 Å². The molecule has 3 aromatic carbocycles. The van der Waals surface area contributed by atoms with E-state index in [9.17, 15) is 9.59 Å². The molecule has 1 aromatic heterocycles. The molecule has 4 aromatic rings. The number of halogens is 1. The van der Waals surface area contributed by atoms with Gasteiger partial charge < -0.3 is 20.4 Å². The van der Waals surface area contributed by atoms with Gasteiger partial charge in [-0.05, 0) is 47.7 Å². The summed E-state index contributed by atoms with van der Waals surface area (Å²) in [6, 6.07) is 23.0. The summed E-state index contributed by atoms with van der Waals surface area (Å²) in [5, 5.41) is 3.12. The lowest BCUT2D eigenvalue weighted by atomic mass is 9.94. The Balaban J connectivity index is 1.41. The zero-order valence-electron chi connectivity index (χ0n) is 23.3. The highest BCUT2D eigenvalue weighted by molar-refractivity contribution is 6.31. The number of amides is 2. The van der Waals surface area contributed by atoms with E-state index in [0.717, 1.165) is 34.2 Å². The van der Waals surface area contributed by atoms with Crippen LogP contribution >= 0.6 is 11.6 Å². The molecule has 212 valence electrons. The van der Waals surface area contributed by atoms with Gasteiger partial charge in [0.1, 0.15) is 16.7 Å². The number of hydrogen-bond donors (Lipinski definition) is 3. The second-order valence-electron chi connectivity index (χ2n) is 10.7. The van der Waals surface area contributed by atoms with Crippen LogP contribution in [0.1, 0.15) is 52.8 Å². The van der Waals surface area contributed by atoms with Gasteiger partial charge in [0, 0.05) is 35.3 Å². The molecule has 5 rings (SSSR count). The first-order valence-corrected chi connectivity index (χ1v) is 14.3. The molecule has 0 saturated carbocycles. The van der Waals surface area contributed by atoms with E-state index in [2.05, 4.69) is 34.2 Å². The molecule has 8 nitrogen and oxygen atoms in total. The van der Waals surface area contributed by atoms with Crippen LogP contribution in [0.3, 0.4) is 0 Å². The van der Waals surface area contributed by atoms with Gasteiger partial charge >= 0.3 is 6.09 Å². The molecule has 5 N–H and O–H groups in total. The predicted octanol–water partition coefficient (Wildman–Crippen LogP) is 5.66. The number of carbonyl (C=O) groups excluding carboxylic acids is 2. The lowest BCUT2D eigenvalue weighted by molar-refractivity contribution is -0.386. The third-order valence-electron chi connectivity index (χ3n) is 7.17. The van der Waals surface area contributed by atoms with Crippen molar-refractivity contribution < 1.29 is 20.1 Å². The molecule has 41 heavy (non-hydrogen) atoms. The van der Waals surface area contributed by atoms with Gasteiger partial charge in [-0.1, -0.05) is 74.0 Å². The summed E-state index contributed by atoms with van der Waals surface area (Å²) in [5.74, 6) is 0.863. The van der Waals surface area contributed by atoms with Gasteiger partial charge in [-0.15, -0.1) is 0 Å². The van der Waals surface area contributed by atoms with E-state index in [-0.39, 0.29) is 17.9 Å². The molecule has 0 radical (unpaired) electrons. The zero-order chi connectivity index (χ0) is 28.9. The van der Waals surface area contributed by atoms with Gasteiger partial charge in [-0.3, -0.25) is 10.1 Å². The van der Waals surface area contributed by atoms with Gasteiger partial charge in [0.2, 0.25) is 0 Å². The van der Waals surface area contributed by atoms with E-state index in [1.807, 2.05) is 61.2 Å². The maximum atomic E-state index is 13.8. The van der Waals surface area contributed by atoms with Gasteiger partial charge in [-0.2, -0.15) is 0 Å². The number of nitrogens with one attached hydrogen (secondary N) is 2. The highest BCUT2D eigenvalue weighted by Gasteiger charge is 2.33. The number of ether oxygens (including phenoxy) is 1. The molecule has 0 bridgehead atoms. The molecular formula is C32H35ClN5O3+. The summed E-state index contributed by atoms with van der Waals surface area (Å²) < 4.78 is 5.20. The quantitative estimate of drug-likeness (QED) is 0.240. The first-order chi connectivity index (χ1) is 19.8. The molecule has 0 spiro atoms. The van der Waals surface area contributed by atoms with Gasteiger partial charge in [-0.25, -0.2) is 9.78 Å². The predicted molar refractivity (Wildman–Crippen MR) is 160 cm³/mol. The minimum atomic E-state index is -0.495. The molecule has 1 atom stereocenters. The van der Waals surface area contributed by atoms with Crippen LogP contribution in [0.15, 0.2) is 72.8 Å². The second kappa shape index (κ2) is 12.6. The molecule has 1 aliphatic heterocycles. The number of carbonyl (C=O) groups is 2. The van der Waals surface area contributed by atoms with E-state index in [1.54, 1.807) is 12.1 Å². The Kier molecular flexibility index (Phi) is 8.71. The molecule has 2 heterocycles. The molecule has 0 saturated heterocycles. The van der Waals surface area contributed by atoms with E-state index >= 15 is 0 Å². The fourth-order valence-electron chi connectivity index (χ4n) is 5.03. The van der Waals surface area contributed by atoms with Crippen LogP contribution in [0.4, 0.5) is 10.5 Å². The summed E-state index contributed by atoms with van der Waals surface area (Å²) in [7, 11) is 0. The molecular weight excluding hydrogens is 538 g/mol. The fourth-order valence-corrected chi connectivity index (χ4v) is 5.28. The highest BCUT2D eigenvalue weighted by atomic mass is 35.5. The van der Waals surface area contributed by atoms with Crippen molar-refractivity contribution in [1.82, 2.24) is 14.9 Å². The highest BCUT2D eigenvalue weighted by Crippen LogP contribution is 2.34. The Morgan fingerprint density at radius 1 is 1.10 bits per heavy atom. The lowest BCUT2D eigenvalue weighted by Crippen LogP contribution is -2.47. The van der Waals surface area contributed by atoms with Crippen LogP contribution < -0.4 is 11.1 Å². The van der Waals surface area contributed by atoms with Crippen LogP contribution in [-0.2, 0) is 24.1 Å². The fraction of sp³-hybridized carbons (Fsp3) is 0.281. The Hall–Kier alpha value is -4.14. The summed E-state index contributed by atoms with van der Waals surface area (Å²) >= 11 is 6.69. The number of imidazole rings is 1. The summed E-state index contributed by atoms with van der Waals surface area (Å²) in [5.41, 5.74) is 9.95. The molecule has 0 fully saturated rings. The van der Waals surface area contributed by atoms with Crippen molar-refractivity contribution >= 4 is 29.3 Å². The van der Waals surface area contributed by atoms with Crippen LogP contribution in [0.2, 0.25) is 5.15 Å².